The largest absolute Gasteiger partial charge is 0.352 e. The fraction of sp³-hybridized carbons (Fsp3) is 0.231. The molecule has 100 valence electrons. The van der Waals surface area contributed by atoms with Crippen molar-refractivity contribution in [1.82, 2.24) is 15.1 Å². The number of carbonyl (C=O) groups excluding carboxylic acids is 1. The first-order chi connectivity index (χ1) is 9.16. The first kappa shape index (κ1) is 14.1. The van der Waals surface area contributed by atoms with E-state index in [0.29, 0.717) is 12.1 Å². The number of amides is 1. The number of nitrogens with zero attached hydrogens (tertiary/aromatic N) is 2. The number of hydrogen-bond donors (Lipinski definition) is 2. The minimum Gasteiger partial charge on any atom is -0.352 e. The predicted molar refractivity (Wildman–Crippen MR) is 80.6 cm³/mol. The molecule has 4 nitrogen and oxygen atoms in total. The standard InChI is InChI=1S/C13H14BrN3OS/c14-12-4-3-10(19)9-11(12)13(18)15-5-1-7-17-8-2-6-16-17/h2-4,6,8-9,19H,1,5,7H2,(H,15,18). The van der Waals surface area contributed by atoms with Crippen molar-refractivity contribution in [2.45, 2.75) is 17.9 Å². The van der Waals surface area contributed by atoms with Gasteiger partial charge in [0.2, 0.25) is 0 Å². The molecular weight excluding hydrogens is 326 g/mol. The Kier molecular flexibility index (Phi) is 5.04. The van der Waals surface area contributed by atoms with Crippen LogP contribution in [0.15, 0.2) is 46.0 Å². The van der Waals surface area contributed by atoms with Gasteiger partial charge in [-0.15, -0.1) is 12.6 Å². The van der Waals surface area contributed by atoms with Crippen molar-refractivity contribution in [1.29, 1.82) is 0 Å². The van der Waals surface area contributed by atoms with Crippen molar-refractivity contribution in [2.75, 3.05) is 6.54 Å². The van der Waals surface area contributed by atoms with Crippen LogP contribution in [0, 0.1) is 0 Å². The number of aromatic nitrogens is 2. The first-order valence-corrected chi connectivity index (χ1v) is 7.15. The van der Waals surface area contributed by atoms with Gasteiger partial charge in [0, 0.05) is 34.9 Å². The minimum atomic E-state index is -0.0942. The molecule has 1 aromatic heterocycles. The number of carbonyl (C=O) groups is 1. The maximum atomic E-state index is 12.0. The van der Waals surface area contributed by atoms with Gasteiger partial charge in [-0.05, 0) is 46.6 Å². The summed E-state index contributed by atoms with van der Waals surface area (Å²) in [5.74, 6) is -0.0942. The average molecular weight is 340 g/mol. The monoisotopic (exact) mass is 339 g/mol. The molecule has 1 amide bonds. The van der Waals surface area contributed by atoms with Crippen LogP contribution in [0.3, 0.4) is 0 Å². The third-order valence-electron chi connectivity index (χ3n) is 2.60. The van der Waals surface area contributed by atoms with Gasteiger partial charge in [0.25, 0.3) is 5.91 Å². The molecule has 0 fully saturated rings. The van der Waals surface area contributed by atoms with Crippen molar-refractivity contribution >= 4 is 34.5 Å². The maximum Gasteiger partial charge on any atom is 0.252 e. The molecule has 0 aliphatic carbocycles. The Morgan fingerprint density at radius 2 is 2.32 bits per heavy atom. The normalized spacial score (nSPS) is 10.4. The third kappa shape index (κ3) is 4.11. The second kappa shape index (κ2) is 6.77. The van der Waals surface area contributed by atoms with E-state index >= 15 is 0 Å². The summed E-state index contributed by atoms with van der Waals surface area (Å²) in [6.07, 6.45) is 4.49. The molecule has 6 heteroatoms. The highest BCUT2D eigenvalue weighted by atomic mass is 79.9. The van der Waals surface area contributed by atoms with E-state index in [9.17, 15) is 4.79 Å². The maximum absolute atomic E-state index is 12.0. The van der Waals surface area contributed by atoms with Gasteiger partial charge in [0.05, 0.1) is 5.56 Å². The molecule has 0 aliphatic rings. The summed E-state index contributed by atoms with van der Waals surface area (Å²) >= 11 is 7.60. The van der Waals surface area contributed by atoms with E-state index in [1.165, 1.54) is 0 Å². The molecule has 1 aromatic carbocycles. The highest BCUT2D eigenvalue weighted by molar-refractivity contribution is 9.10. The molecule has 1 N–H and O–H groups in total. The fourth-order valence-electron chi connectivity index (χ4n) is 1.66. The molecule has 0 spiro atoms. The van der Waals surface area contributed by atoms with E-state index in [2.05, 4.69) is 39.0 Å². The van der Waals surface area contributed by atoms with Crippen LogP contribution in [0.1, 0.15) is 16.8 Å². The van der Waals surface area contributed by atoms with Crippen molar-refractivity contribution in [3.8, 4) is 0 Å². The van der Waals surface area contributed by atoms with Gasteiger partial charge in [0.1, 0.15) is 0 Å². The highest BCUT2D eigenvalue weighted by Gasteiger charge is 2.09. The molecule has 0 saturated carbocycles. The third-order valence-corrected chi connectivity index (χ3v) is 3.57. The second-order valence-corrected chi connectivity index (χ2v) is 5.41. The fourth-order valence-corrected chi connectivity index (χ4v) is 2.29. The number of benzene rings is 1. The van der Waals surface area contributed by atoms with Crippen LogP contribution in [-0.4, -0.2) is 22.2 Å². The van der Waals surface area contributed by atoms with E-state index in [0.717, 1.165) is 22.3 Å². The number of thiol groups is 1. The van der Waals surface area contributed by atoms with Crippen LogP contribution < -0.4 is 5.32 Å². The molecule has 0 unspecified atom stereocenters. The van der Waals surface area contributed by atoms with Crippen molar-refractivity contribution < 1.29 is 4.79 Å². The average Bonchev–Trinajstić information content (AvgIpc) is 2.90. The summed E-state index contributed by atoms with van der Waals surface area (Å²) in [5.41, 5.74) is 0.603. The lowest BCUT2D eigenvalue weighted by molar-refractivity contribution is 0.0951. The van der Waals surface area contributed by atoms with E-state index in [1.807, 2.05) is 29.1 Å². The molecule has 2 rings (SSSR count). The van der Waals surface area contributed by atoms with Crippen molar-refractivity contribution in [2.24, 2.45) is 0 Å². The Bertz CT molecular complexity index is 557. The van der Waals surface area contributed by atoms with Gasteiger partial charge in [-0.25, -0.2) is 0 Å². The van der Waals surface area contributed by atoms with Crippen molar-refractivity contribution in [3.05, 3.63) is 46.7 Å². The van der Waals surface area contributed by atoms with E-state index in [4.69, 9.17) is 0 Å². The summed E-state index contributed by atoms with van der Waals surface area (Å²) in [6.45, 7) is 1.41. The molecule has 0 bridgehead atoms. The summed E-state index contributed by atoms with van der Waals surface area (Å²) < 4.78 is 2.62. The molecule has 0 atom stereocenters. The van der Waals surface area contributed by atoms with Crippen LogP contribution in [-0.2, 0) is 6.54 Å². The van der Waals surface area contributed by atoms with Crippen LogP contribution in [0.4, 0.5) is 0 Å². The lowest BCUT2D eigenvalue weighted by Gasteiger charge is -2.07. The van der Waals surface area contributed by atoms with Gasteiger partial charge in [-0.1, -0.05) is 0 Å². The smallest absolute Gasteiger partial charge is 0.252 e. The van der Waals surface area contributed by atoms with Crippen LogP contribution in [0.5, 0.6) is 0 Å². The molecular formula is C13H14BrN3OS. The van der Waals surface area contributed by atoms with Gasteiger partial charge >= 0.3 is 0 Å². The number of aryl methyl sites for hydroxylation is 1. The number of halogens is 1. The van der Waals surface area contributed by atoms with Gasteiger partial charge in [-0.2, -0.15) is 5.10 Å². The number of nitrogens with one attached hydrogen (secondary N) is 1. The van der Waals surface area contributed by atoms with Crippen molar-refractivity contribution in [3.63, 3.8) is 0 Å². The number of hydrogen-bond acceptors (Lipinski definition) is 3. The lowest BCUT2D eigenvalue weighted by Crippen LogP contribution is -2.25. The zero-order valence-corrected chi connectivity index (χ0v) is 12.7. The predicted octanol–water partition coefficient (Wildman–Crippen LogP) is 2.75. The second-order valence-electron chi connectivity index (χ2n) is 4.04. The Morgan fingerprint density at radius 3 is 3.05 bits per heavy atom. The molecule has 2 aromatic rings. The molecule has 0 aliphatic heterocycles. The molecule has 0 radical (unpaired) electrons. The zero-order chi connectivity index (χ0) is 13.7. The molecule has 19 heavy (non-hydrogen) atoms. The lowest BCUT2D eigenvalue weighted by atomic mass is 10.2. The topological polar surface area (TPSA) is 46.9 Å². The van der Waals surface area contributed by atoms with E-state index in [-0.39, 0.29) is 5.91 Å². The summed E-state index contributed by atoms with van der Waals surface area (Å²) in [6, 6.07) is 7.28. The van der Waals surface area contributed by atoms with Crippen LogP contribution in [0.25, 0.3) is 0 Å². The quantitative estimate of drug-likeness (QED) is 0.650. The zero-order valence-electron chi connectivity index (χ0n) is 10.2. The summed E-state index contributed by atoms with van der Waals surface area (Å²) in [7, 11) is 0. The number of rotatable bonds is 5. The van der Waals surface area contributed by atoms with E-state index in [1.54, 1.807) is 12.3 Å². The van der Waals surface area contributed by atoms with E-state index < -0.39 is 0 Å². The molecule has 1 heterocycles. The van der Waals surface area contributed by atoms with Crippen LogP contribution >= 0.6 is 28.6 Å². The SMILES string of the molecule is O=C(NCCCn1cccn1)c1cc(S)ccc1Br. The Hall–Kier alpha value is -1.27. The van der Waals surface area contributed by atoms with Gasteiger partial charge in [-0.3, -0.25) is 9.48 Å². The molecule has 0 saturated heterocycles. The highest BCUT2D eigenvalue weighted by Crippen LogP contribution is 2.20. The van der Waals surface area contributed by atoms with Gasteiger partial charge < -0.3 is 5.32 Å². The minimum absolute atomic E-state index is 0.0942. The Morgan fingerprint density at radius 1 is 1.47 bits per heavy atom. The van der Waals surface area contributed by atoms with Gasteiger partial charge in [0.15, 0.2) is 0 Å². The Balaban J connectivity index is 1.82. The summed E-state index contributed by atoms with van der Waals surface area (Å²) in [4.78, 5) is 12.7. The van der Waals surface area contributed by atoms with Crippen LogP contribution in [0.2, 0.25) is 0 Å². The Labute approximate surface area is 125 Å². The first-order valence-electron chi connectivity index (χ1n) is 5.91. The summed E-state index contributed by atoms with van der Waals surface area (Å²) in [5, 5.41) is 6.99.